The Morgan fingerprint density at radius 2 is 2.73 bits per heavy atom. The highest BCUT2D eigenvalue weighted by atomic mass is 16.2. The fourth-order valence-electron chi connectivity index (χ4n) is 0.765. The zero-order chi connectivity index (χ0) is 8.10. The number of nitrogens with one attached hydrogen (secondary N) is 2. The highest BCUT2D eigenvalue weighted by molar-refractivity contribution is 5.94. The number of likely N-dealkylation sites (N-methyl/N-ethyl adjacent to an activating group) is 1. The molecule has 0 spiro atoms. The van der Waals surface area contributed by atoms with Crippen molar-refractivity contribution >= 4 is 12.1 Å². The maximum Gasteiger partial charge on any atom is 0.271 e. The molecule has 1 aliphatic rings. The molecule has 0 fully saturated rings. The van der Waals surface area contributed by atoms with Crippen LogP contribution >= 0.6 is 0 Å². The molecule has 0 radical (unpaired) electrons. The number of carbonyl (C=O) groups excluding carboxylic acids is 1. The van der Waals surface area contributed by atoms with Gasteiger partial charge in [0.05, 0.1) is 0 Å². The standard InChI is InChI=1S/C7H11N3O/c1-2-9-7(11)6-5-8-3-4-10-6/h4-5,8H,2-3H2,1H3,(H,9,11). The highest BCUT2D eigenvalue weighted by Crippen LogP contribution is 1.96. The summed E-state index contributed by atoms with van der Waals surface area (Å²) in [6, 6.07) is 0. The second kappa shape index (κ2) is 3.75. The van der Waals surface area contributed by atoms with E-state index in [0.717, 1.165) is 0 Å². The Kier molecular flexibility index (Phi) is 2.66. The first kappa shape index (κ1) is 7.78. The van der Waals surface area contributed by atoms with E-state index in [-0.39, 0.29) is 5.91 Å². The average Bonchev–Trinajstić information content (AvgIpc) is 2.07. The first-order chi connectivity index (χ1) is 5.34. The number of amides is 1. The molecule has 0 saturated heterocycles. The predicted molar refractivity (Wildman–Crippen MR) is 43.3 cm³/mol. The number of carbonyl (C=O) groups is 1. The fraction of sp³-hybridized carbons (Fsp3) is 0.429. The van der Waals surface area contributed by atoms with Gasteiger partial charge in [-0.05, 0) is 6.92 Å². The van der Waals surface area contributed by atoms with Gasteiger partial charge in [0.15, 0.2) is 0 Å². The van der Waals surface area contributed by atoms with Gasteiger partial charge >= 0.3 is 0 Å². The van der Waals surface area contributed by atoms with E-state index < -0.39 is 0 Å². The molecule has 4 nitrogen and oxygen atoms in total. The van der Waals surface area contributed by atoms with Crippen molar-refractivity contribution in [2.75, 3.05) is 13.1 Å². The van der Waals surface area contributed by atoms with Crippen LogP contribution < -0.4 is 10.6 Å². The van der Waals surface area contributed by atoms with E-state index in [1.54, 1.807) is 12.4 Å². The van der Waals surface area contributed by atoms with E-state index in [4.69, 9.17) is 0 Å². The molecule has 2 N–H and O–H groups in total. The summed E-state index contributed by atoms with van der Waals surface area (Å²) in [7, 11) is 0. The van der Waals surface area contributed by atoms with E-state index in [2.05, 4.69) is 15.6 Å². The smallest absolute Gasteiger partial charge is 0.271 e. The Morgan fingerprint density at radius 3 is 3.27 bits per heavy atom. The first-order valence-corrected chi connectivity index (χ1v) is 3.59. The van der Waals surface area contributed by atoms with Crippen molar-refractivity contribution < 1.29 is 4.79 Å². The molecule has 1 aliphatic heterocycles. The van der Waals surface area contributed by atoms with Gasteiger partial charge in [-0.3, -0.25) is 9.79 Å². The monoisotopic (exact) mass is 153 g/mol. The van der Waals surface area contributed by atoms with Crippen LogP contribution in [0.5, 0.6) is 0 Å². The molecule has 0 atom stereocenters. The SMILES string of the molecule is CCNC(=O)C1=CNCC=N1. The quantitative estimate of drug-likeness (QED) is 0.569. The van der Waals surface area contributed by atoms with Gasteiger partial charge < -0.3 is 10.6 Å². The largest absolute Gasteiger partial charge is 0.384 e. The predicted octanol–water partition coefficient (Wildman–Crippen LogP) is -0.362. The van der Waals surface area contributed by atoms with E-state index in [9.17, 15) is 4.79 Å². The number of hydrogen-bond acceptors (Lipinski definition) is 3. The van der Waals surface area contributed by atoms with Crippen molar-refractivity contribution in [2.24, 2.45) is 4.99 Å². The number of rotatable bonds is 2. The van der Waals surface area contributed by atoms with E-state index >= 15 is 0 Å². The summed E-state index contributed by atoms with van der Waals surface area (Å²) in [5.41, 5.74) is 0.443. The third kappa shape index (κ3) is 2.07. The van der Waals surface area contributed by atoms with Gasteiger partial charge in [-0.25, -0.2) is 0 Å². The molecule has 0 aromatic heterocycles. The van der Waals surface area contributed by atoms with Gasteiger partial charge in [0.1, 0.15) is 5.70 Å². The molecule has 0 aromatic carbocycles. The van der Waals surface area contributed by atoms with Crippen LogP contribution in [0.3, 0.4) is 0 Å². The Morgan fingerprint density at radius 1 is 1.91 bits per heavy atom. The van der Waals surface area contributed by atoms with Crippen LogP contribution in [0.25, 0.3) is 0 Å². The zero-order valence-corrected chi connectivity index (χ0v) is 6.42. The summed E-state index contributed by atoms with van der Waals surface area (Å²) in [4.78, 5) is 15.0. The Balaban J connectivity index is 2.52. The van der Waals surface area contributed by atoms with Gasteiger partial charge in [0.2, 0.25) is 0 Å². The van der Waals surface area contributed by atoms with Gasteiger partial charge in [0, 0.05) is 25.5 Å². The normalized spacial score (nSPS) is 15.2. The van der Waals surface area contributed by atoms with Gasteiger partial charge in [0.25, 0.3) is 5.91 Å². The first-order valence-electron chi connectivity index (χ1n) is 3.59. The lowest BCUT2D eigenvalue weighted by molar-refractivity contribution is -0.117. The lowest BCUT2D eigenvalue weighted by Crippen LogP contribution is -2.27. The molecule has 0 unspecified atom stereocenters. The number of aliphatic imine (C=N–C) groups is 1. The second-order valence-corrected chi connectivity index (χ2v) is 2.11. The Bertz CT molecular complexity index is 208. The van der Waals surface area contributed by atoms with E-state index in [1.165, 1.54) is 0 Å². The lowest BCUT2D eigenvalue weighted by atomic mass is 10.4. The molecule has 1 heterocycles. The van der Waals surface area contributed by atoms with Crippen LogP contribution in [0, 0.1) is 0 Å². The Hall–Kier alpha value is -1.32. The highest BCUT2D eigenvalue weighted by Gasteiger charge is 2.06. The van der Waals surface area contributed by atoms with Crippen molar-refractivity contribution in [3.8, 4) is 0 Å². The summed E-state index contributed by atoms with van der Waals surface area (Å²) in [5.74, 6) is -0.129. The molecule has 1 rings (SSSR count). The molecule has 4 heteroatoms. The third-order valence-electron chi connectivity index (χ3n) is 1.25. The van der Waals surface area contributed by atoms with Crippen molar-refractivity contribution in [1.29, 1.82) is 0 Å². The molecular formula is C7H11N3O. The number of nitrogens with zero attached hydrogens (tertiary/aromatic N) is 1. The van der Waals surface area contributed by atoms with Crippen molar-refractivity contribution in [2.45, 2.75) is 6.92 Å². The van der Waals surface area contributed by atoms with Crippen molar-refractivity contribution in [1.82, 2.24) is 10.6 Å². The lowest BCUT2D eigenvalue weighted by Gasteiger charge is -2.06. The maximum atomic E-state index is 11.1. The minimum absolute atomic E-state index is 0.129. The Labute approximate surface area is 65.4 Å². The van der Waals surface area contributed by atoms with Crippen molar-refractivity contribution in [3.63, 3.8) is 0 Å². The zero-order valence-electron chi connectivity index (χ0n) is 6.42. The molecule has 60 valence electrons. The van der Waals surface area contributed by atoms with Gasteiger partial charge in [-0.2, -0.15) is 0 Å². The van der Waals surface area contributed by atoms with Crippen LogP contribution in [0.2, 0.25) is 0 Å². The molecule has 0 aliphatic carbocycles. The summed E-state index contributed by atoms with van der Waals surface area (Å²) in [5, 5.41) is 5.56. The summed E-state index contributed by atoms with van der Waals surface area (Å²) < 4.78 is 0. The summed E-state index contributed by atoms with van der Waals surface area (Å²) in [6.45, 7) is 3.20. The van der Waals surface area contributed by atoms with Crippen LogP contribution in [-0.2, 0) is 4.79 Å². The summed E-state index contributed by atoms with van der Waals surface area (Å²) >= 11 is 0. The summed E-state index contributed by atoms with van der Waals surface area (Å²) in [6.07, 6.45) is 3.29. The van der Waals surface area contributed by atoms with Gasteiger partial charge in [-0.1, -0.05) is 0 Å². The van der Waals surface area contributed by atoms with E-state index in [0.29, 0.717) is 18.8 Å². The average molecular weight is 153 g/mol. The van der Waals surface area contributed by atoms with E-state index in [1.807, 2.05) is 6.92 Å². The molecule has 0 bridgehead atoms. The minimum Gasteiger partial charge on any atom is -0.384 e. The number of hydrogen-bond donors (Lipinski definition) is 2. The third-order valence-corrected chi connectivity index (χ3v) is 1.25. The maximum absolute atomic E-state index is 11.1. The molecule has 0 saturated carbocycles. The second-order valence-electron chi connectivity index (χ2n) is 2.11. The van der Waals surface area contributed by atoms with Crippen LogP contribution in [0.1, 0.15) is 6.92 Å². The molecule has 11 heavy (non-hydrogen) atoms. The molecule has 1 amide bonds. The topological polar surface area (TPSA) is 53.5 Å². The molecule has 0 aromatic rings. The minimum atomic E-state index is -0.129. The molecular weight excluding hydrogens is 142 g/mol. The van der Waals surface area contributed by atoms with Crippen LogP contribution in [0.4, 0.5) is 0 Å². The fourth-order valence-corrected chi connectivity index (χ4v) is 0.765. The van der Waals surface area contributed by atoms with Crippen LogP contribution in [-0.4, -0.2) is 25.2 Å². The van der Waals surface area contributed by atoms with Gasteiger partial charge in [-0.15, -0.1) is 0 Å². The van der Waals surface area contributed by atoms with Crippen molar-refractivity contribution in [3.05, 3.63) is 11.9 Å². The van der Waals surface area contributed by atoms with Crippen LogP contribution in [0.15, 0.2) is 16.9 Å².